The summed E-state index contributed by atoms with van der Waals surface area (Å²) in [7, 11) is 1.62. The van der Waals surface area contributed by atoms with Gasteiger partial charge in [-0.25, -0.2) is 9.78 Å². The number of anilines is 4. The van der Waals surface area contributed by atoms with Gasteiger partial charge in [-0.15, -0.1) is 0 Å². The summed E-state index contributed by atoms with van der Waals surface area (Å²) in [6.07, 6.45) is 1.10. The number of carboxylic acids is 1. The molecule has 5 rings (SSSR count). The van der Waals surface area contributed by atoms with Crippen LogP contribution in [0.4, 0.5) is 22.9 Å². The Morgan fingerprint density at radius 3 is 2.50 bits per heavy atom. The van der Waals surface area contributed by atoms with Gasteiger partial charge in [0.1, 0.15) is 29.0 Å². The molecule has 1 aliphatic heterocycles. The summed E-state index contributed by atoms with van der Waals surface area (Å²) < 4.78 is 5.36. The minimum absolute atomic E-state index is 0.109. The normalized spacial score (nSPS) is 13.9. The number of benzene rings is 2. The molecule has 0 amide bonds. The maximum Gasteiger partial charge on any atom is 0.326 e. The van der Waals surface area contributed by atoms with Crippen LogP contribution in [0.2, 0.25) is 0 Å². The van der Waals surface area contributed by atoms with Crippen molar-refractivity contribution in [2.45, 2.75) is 25.8 Å². The fourth-order valence-corrected chi connectivity index (χ4v) is 4.41. The molecule has 0 unspecified atom stereocenters. The molecule has 9 heteroatoms. The first-order valence-electron chi connectivity index (χ1n) is 11.7. The standard InChI is InChI=1S/C27H26N4O5/c1-15-12-17-6-9-19(36-2)14-20(17)26(28-15)29-18-7-4-16(5-8-18)13-21(27(34)35)30-22-23(25(33)24(22)32)31-10-3-11-31/h4-9,12,14,21,30H,3,10-11,13H2,1-2H3,(H,28,29)(H,34,35)/t21-/m0/s1. The average Bonchev–Trinajstić information content (AvgIpc) is 2.84. The minimum atomic E-state index is -1.09. The van der Waals surface area contributed by atoms with Gasteiger partial charge in [0.05, 0.1) is 7.11 Å². The van der Waals surface area contributed by atoms with Crippen LogP contribution in [-0.4, -0.2) is 42.3 Å². The van der Waals surface area contributed by atoms with Crippen molar-refractivity contribution >= 4 is 39.6 Å². The number of ether oxygens (including phenoxy) is 1. The van der Waals surface area contributed by atoms with Crippen LogP contribution >= 0.6 is 0 Å². The molecule has 184 valence electrons. The molecule has 0 aliphatic carbocycles. The Hall–Kier alpha value is -4.40. The zero-order chi connectivity index (χ0) is 25.4. The Balaban J connectivity index is 1.33. The zero-order valence-corrected chi connectivity index (χ0v) is 20.0. The van der Waals surface area contributed by atoms with E-state index in [1.54, 1.807) is 7.11 Å². The van der Waals surface area contributed by atoms with Gasteiger partial charge in [-0.2, -0.15) is 0 Å². The van der Waals surface area contributed by atoms with E-state index in [0.29, 0.717) is 24.6 Å². The van der Waals surface area contributed by atoms with E-state index < -0.39 is 22.9 Å². The van der Waals surface area contributed by atoms with Gasteiger partial charge in [-0.3, -0.25) is 9.59 Å². The van der Waals surface area contributed by atoms with Gasteiger partial charge in [0.15, 0.2) is 0 Å². The molecular weight excluding hydrogens is 460 g/mol. The highest BCUT2D eigenvalue weighted by Gasteiger charge is 2.31. The van der Waals surface area contributed by atoms with Gasteiger partial charge >= 0.3 is 5.97 Å². The Bertz CT molecular complexity index is 1520. The quantitative estimate of drug-likeness (QED) is 0.306. The van der Waals surface area contributed by atoms with Crippen molar-refractivity contribution in [1.29, 1.82) is 0 Å². The molecule has 0 bridgehead atoms. The zero-order valence-electron chi connectivity index (χ0n) is 20.0. The molecule has 4 aromatic rings. The molecule has 1 fully saturated rings. The van der Waals surface area contributed by atoms with Crippen LogP contribution in [0.3, 0.4) is 0 Å². The van der Waals surface area contributed by atoms with E-state index in [2.05, 4.69) is 15.6 Å². The predicted octanol–water partition coefficient (Wildman–Crippen LogP) is 3.21. The molecule has 36 heavy (non-hydrogen) atoms. The Kier molecular flexibility index (Phi) is 6.05. The summed E-state index contributed by atoms with van der Waals surface area (Å²) in [6, 6.07) is 14.2. The monoisotopic (exact) mass is 486 g/mol. The number of rotatable bonds is 9. The fraction of sp³-hybridized carbons (Fsp3) is 0.259. The lowest BCUT2D eigenvalue weighted by Gasteiger charge is -2.35. The molecule has 0 spiro atoms. The van der Waals surface area contributed by atoms with E-state index in [9.17, 15) is 19.5 Å². The summed E-state index contributed by atoms with van der Waals surface area (Å²) in [5.74, 6) is 0.335. The first-order chi connectivity index (χ1) is 17.3. The van der Waals surface area contributed by atoms with E-state index in [-0.39, 0.29) is 12.1 Å². The number of fused-ring (bicyclic) bond motifs is 1. The summed E-state index contributed by atoms with van der Waals surface area (Å²) in [5, 5.41) is 17.8. The van der Waals surface area contributed by atoms with Crippen molar-refractivity contribution in [3.63, 3.8) is 0 Å². The Morgan fingerprint density at radius 2 is 1.86 bits per heavy atom. The number of nitrogens with zero attached hydrogens (tertiary/aromatic N) is 2. The van der Waals surface area contributed by atoms with Crippen LogP contribution in [0.25, 0.3) is 10.8 Å². The van der Waals surface area contributed by atoms with Gasteiger partial charge in [-0.1, -0.05) is 18.2 Å². The van der Waals surface area contributed by atoms with Crippen LogP contribution < -0.4 is 31.1 Å². The molecule has 3 aromatic carbocycles. The van der Waals surface area contributed by atoms with Crippen molar-refractivity contribution in [2.24, 2.45) is 0 Å². The van der Waals surface area contributed by atoms with Crippen LogP contribution in [0, 0.1) is 6.92 Å². The number of hydrogen-bond donors (Lipinski definition) is 3. The highest BCUT2D eigenvalue weighted by molar-refractivity contribution is 5.94. The van der Waals surface area contributed by atoms with Crippen LogP contribution in [-0.2, 0) is 11.2 Å². The highest BCUT2D eigenvalue weighted by Crippen LogP contribution is 2.30. The number of methoxy groups -OCH3 is 1. The van der Waals surface area contributed by atoms with Gasteiger partial charge in [0.2, 0.25) is 0 Å². The van der Waals surface area contributed by atoms with Crippen molar-refractivity contribution < 1.29 is 14.6 Å². The number of aliphatic carboxylic acids is 1. The molecule has 1 aliphatic rings. The average molecular weight is 487 g/mol. The molecule has 1 aromatic heterocycles. The van der Waals surface area contributed by atoms with Crippen molar-refractivity contribution in [3.05, 3.63) is 80.2 Å². The third-order valence-corrected chi connectivity index (χ3v) is 6.50. The van der Waals surface area contributed by atoms with E-state index in [4.69, 9.17) is 4.74 Å². The lowest BCUT2D eigenvalue weighted by molar-refractivity contribution is -0.137. The van der Waals surface area contributed by atoms with E-state index >= 15 is 0 Å². The highest BCUT2D eigenvalue weighted by atomic mass is 16.5. The van der Waals surface area contributed by atoms with Gasteiger partial charge in [-0.05, 0) is 54.6 Å². The van der Waals surface area contributed by atoms with E-state index in [1.807, 2.05) is 60.4 Å². The molecule has 0 radical (unpaired) electrons. The second kappa shape index (κ2) is 9.33. The number of hydrogen-bond acceptors (Lipinski definition) is 8. The third kappa shape index (κ3) is 4.35. The molecule has 0 saturated carbocycles. The number of aryl methyl sites for hydroxylation is 1. The number of pyridine rings is 1. The smallest absolute Gasteiger partial charge is 0.326 e. The van der Waals surface area contributed by atoms with E-state index in [0.717, 1.165) is 39.9 Å². The molecule has 2 heterocycles. The summed E-state index contributed by atoms with van der Waals surface area (Å²) in [5.41, 5.74) is 1.66. The molecule has 1 saturated heterocycles. The maximum atomic E-state index is 12.1. The number of nitrogens with one attached hydrogen (secondary N) is 2. The minimum Gasteiger partial charge on any atom is -0.497 e. The summed E-state index contributed by atoms with van der Waals surface area (Å²) >= 11 is 0. The SMILES string of the molecule is COc1ccc2cc(C)nc(Nc3ccc(C[C@H](Nc4c(N5CCC5)c(=O)c4=O)C(=O)O)cc3)c2c1. The summed E-state index contributed by atoms with van der Waals surface area (Å²) in [6.45, 7) is 3.33. The fourth-order valence-electron chi connectivity index (χ4n) is 4.41. The topological polar surface area (TPSA) is 121 Å². The molecular formula is C27H26N4O5. The van der Waals surface area contributed by atoms with Crippen LogP contribution in [0.1, 0.15) is 17.7 Å². The number of aromatic nitrogens is 1. The predicted molar refractivity (Wildman–Crippen MR) is 140 cm³/mol. The third-order valence-electron chi connectivity index (χ3n) is 6.50. The number of carbonyl (C=O) groups is 1. The molecule has 3 N–H and O–H groups in total. The maximum absolute atomic E-state index is 12.1. The lowest BCUT2D eigenvalue weighted by Crippen LogP contribution is -2.49. The second-order valence-corrected chi connectivity index (χ2v) is 8.98. The molecule has 1 atom stereocenters. The lowest BCUT2D eigenvalue weighted by atomic mass is 10.0. The Morgan fingerprint density at radius 1 is 1.11 bits per heavy atom. The van der Waals surface area contributed by atoms with Crippen LogP contribution in [0.15, 0.2) is 58.1 Å². The summed E-state index contributed by atoms with van der Waals surface area (Å²) in [4.78, 5) is 42.4. The number of carboxylic acid groups (broad SMARTS) is 1. The first kappa shape index (κ1) is 23.3. The second-order valence-electron chi connectivity index (χ2n) is 8.98. The van der Waals surface area contributed by atoms with E-state index in [1.165, 1.54) is 0 Å². The van der Waals surface area contributed by atoms with Gasteiger partial charge < -0.3 is 25.4 Å². The first-order valence-corrected chi connectivity index (χ1v) is 11.7. The van der Waals surface area contributed by atoms with Gasteiger partial charge in [0.25, 0.3) is 10.9 Å². The Labute approximate surface area is 207 Å². The van der Waals surface area contributed by atoms with Gasteiger partial charge in [0, 0.05) is 36.3 Å². The van der Waals surface area contributed by atoms with Crippen molar-refractivity contribution in [3.8, 4) is 5.75 Å². The molecule has 9 nitrogen and oxygen atoms in total. The van der Waals surface area contributed by atoms with Crippen LogP contribution in [0.5, 0.6) is 5.75 Å². The van der Waals surface area contributed by atoms with Crippen molar-refractivity contribution in [1.82, 2.24) is 4.98 Å². The largest absolute Gasteiger partial charge is 0.497 e. The van der Waals surface area contributed by atoms with Crippen molar-refractivity contribution in [2.75, 3.05) is 35.7 Å².